The van der Waals surface area contributed by atoms with Gasteiger partial charge in [0.25, 0.3) is 0 Å². The summed E-state index contributed by atoms with van der Waals surface area (Å²) in [5.74, 6) is -0.411. The number of hydrogen-bond donors (Lipinski definition) is 0. The van der Waals surface area contributed by atoms with E-state index in [9.17, 15) is 4.79 Å². The molecule has 1 aromatic heterocycles. The van der Waals surface area contributed by atoms with Crippen molar-refractivity contribution in [3.63, 3.8) is 0 Å². The fourth-order valence-electron chi connectivity index (χ4n) is 0.612. The predicted molar refractivity (Wildman–Crippen MR) is 53.2 cm³/mol. The maximum Gasteiger partial charge on any atom is 0.359 e. The summed E-state index contributed by atoms with van der Waals surface area (Å²) in [7, 11) is 0. The molecule has 1 unspecified atom stereocenters. The Morgan fingerprint density at radius 1 is 1.85 bits per heavy atom. The molecule has 0 N–H and O–H groups in total. The van der Waals surface area contributed by atoms with Crippen LogP contribution in [-0.4, -0.2) is 26.2 Å². The molecular formula is C7H9BrN2O2S. The first-order chi connectivity index (χ1) is 6.24. The van der Waals surface area contributed by atoms with Crippen molar-refractivity contribution in [1.29, 1.82) is 0 Å². The lowest BCUT2D eigenvalue weighted by molar-refractivity contribution is 0.0501. The third-order valence-electron chi connectivity index (χ3n) is 1.41. The van der Waals surface area contributed by atoms with E-state index in [-0.39, 0.29) is 10.5 Å². The van der Waals surface area contributed by atoms with Crippen LogP contribution >= 0.6 is 27.7 Å². The number of halogens is 1. The fraction of sp³-hybridized carbons (Fsp3) is 0.571. The van der Waals surface area contributed by atoms with Crippen LogP contribution in [0.15, 0.2) is 6.20 Å². The van der Waals surface area contributed by atoms with Gasteiger partial charge in [0.1, 0.15) is 6.61 Å². The first kappa shape index (κ1) is 10.6. The van der Waals surface area contributed by atoms with Crippen molar-refractivity contribution in [3.8, 4) is 0 Å². The maximum absolute atomic E-state index is 11.2. The summed E-state index contributed by atoms with van der Waals surface area (Å²) >= 11 is 4.35. The Bertz CT molecular complexity index is 265. The molecule has 0 spiro atoms. The molecule has 72 valence electrons. The van der Waals surface area contributed by atoms with Gasteiger partial charge in [0.2, 0.25) is 0 Å². The van der Waals surface area contributed by atoms with Gasteiger partial charge >= 0.3 is 5.97 Å². The number of nitrogens with zero attached hydrogens (tertiary/aromatic N) is 2. The quantitative estimate of drug-likeness (QED) is 0.616. The summed E-state index contributed by atoms with van der Waals surface area (Å²) in [4.78, 5) is 11.4. The molecule has 4 nitrogen and oxygen atoms in total. The molecule has 0 radical (unpaired) electrons. The van der Waals surface area contributed by atoms with E-state index in [4.69, 9.17) is 4.74 Å². The van der Waals surface area contributed by atoms with E-state index in [1.807, 2.05) is 6.92 Å². The summed E-state index contributed by atoms with van der Waals surface area (Å²) in [5, 5.41) is 0. The lowest BCUT2D eigenvalue weighted by Crippen LogP contribution is -2.13. The van der Waals surface area contributed by atoms with E-state index >= 15 is 0 Å². The topological polar surface area (TPSA) is 52.1 Å². The van der Waals surface area contributed by atoms with Crippen molar-refractivity contribution in [2.45, 2.75) is 18.2 Å². The molecule has 0 aliphatic rings. The Labute approximate surface area is 88.8 Å². The second-order valence-corrected chi connectivity index (χ2v) is 4.25. The number of ether oxygens (including phenoxy) is 1. The molecule has 6 heteroatoms. The first-order valence-corrected chi connectivity index (χ1v) is 5.47. The van der Waals surface area contributed by atoms with Crippen molar-refractivity contribution in [3.05, 3.63) is 11.9 Å². The molecule has 1 atom stereocenters. The van der Waals surface area contributed by atoms with Crippen LogP contribution in [-0.2, 0) is 4.74 Å². The molecule has 13 heavy (non-hydrogen) atoms. The second kappa shape index (κ2) is 5.29. The number of hydrogen-bond acceptors (Lipinski definition) is 5. The van der Waals surface area contributed by atoms with Crippen LogP contribution < -0.4 is 0 Å². The van der Waals surface area contributed by atoms with Gasteiger partial charge in [-0.15, -0.1) is 0 Å². The van der Waals surface area contributed by atoms with E-state index in [1.165, 1.54) is 6.20 Å². The van der Waals surface area contributed by atoms with Crippen molar-refractivity contribution < 1.29 is 9.53 Å². The monoisotopic (exact) mass is 264 g/mol. The van der Waals surface area contributed by atoms with E-state index in [0.29, 0.717) is 6.61 Å². The van der Waals surface area contributed by atoms with Gasteiger partial charge in [-0.1, -0.05) is 22.9 Å². The third kappa shape index (κ3) is 3.40. The van der Waals surface area contributed by atoms with E-state index in [2.05, 4.69) is 24.7 Å². The van der Waals surface area contributed by atoms with Gasteiger partial charge in [0.05, 0.1) is 17.9 Å². The number of carbonyl (C=O) groups is 1. The molecule has 0 amide bonds. The largest absolute Gasteiger partial charge is 0.460 e. The molecule has 0 fully saturated rings. The summed E-state index contributed by atoms with van der Waals surface area (Å²) in [6.07, 6.45) is 2.32. The van der Waals surface area contributed by atoms with Crippen LogP contribution in [0.2, 0.25) is 0 Å². The third-order valence-corrected chi connectivity index (χ3v) is 2.80. The van der Waals surface area contributed by atoms with Crippen LogP contribution in [0.5, 0.6) is 0 Å². The molecule has 0 aromatic carbocycles. The van der Waals surface area contributed by atoms with Crippen LogP contribution in [0.4, 0.5) is 0 Å². The Balaban J connectivity index is 2.35. The standard InChI is InChI=1S/C7H9BrN2O2S/c1-2-5(8)4-12-7(11)6-3-9-13-10-6/h3,5H,2,4H2,1H3. The zero-order valence-corrected chi connectivity index (χ0v) is 9.47. The minimum absolute atomic E-state index is 0.211. The zero-order chi connectivity index (χ0) is 9.68. The van der Waals surface area contributed by atoms with E-state index in [0.717, 1.165) is 18.1 Å². The highest BCUT2D eigenvalue weighted by Crippen LogP contribution is 2.06. The molecule has 0 saturated heterocycles. The molecular weight excluding hydrogens is 256 g/mol. The second-order valence-electron chi connectivity index (χ2n) is 2.40. The van der Waals surface area contributed by atoms with Gasteiger partial charge in [-0.2, -0.15) is 8.75 Å². The Kier molecular flexibility index (Phi) is 4.31. The molecule has 1 aromatic rings. The minimum Gasteiger partial charge on any atom is -0.460 e. The van der Waals surface area contributed by atoms with Crippen molar-refractivity contribution in [2.24, 2.45) is 0 Å². The number of carbonyl (C=O) groups excluding carboxylic acids is 1. The van der Waals surface area contributed by atoms with E-state index in [1.54, 1.807) is 0 Å². The Morgan fingerprint density at radius 3 is 3.15 bits per heavy atom. The molecule has 1 rings (SSSR count). The number of alkyl halides is 1. The van der Waals surface area contributed by atoms with Gasteiger partial charge in [0, 0.05) is 4.83 Å². The van der Waals surface area contributed by atoms with Crippen LogP contribution in [0.1, 0.15) is 23.8 Å². The number of aromatic nitrogens is 2. The SMILES string of the molecule is CCC(Br)COC(=O)c1cnsn1. The first-order valence-electron chi connectivity index (χ1n) is 3.82. The molecule has 0 aliphatic carbocycles. The van der Waals surface area contributed by atoms with Crippen molar-refractivity contribution in [1.82, 2.24) is 8.75 Å². The molecule has 0 saturated carbocycles. The van der Waals surface area contributed by atoms with Crippen LogP contribution in [0, 0.1) is 0 Å². The smallest absolute Gasteiger partial charge is 0.359 e. The summed E-state index contributed by atoms with van der Waals surface area (Å²) in [6.45, 7) is 2.38. The lowest BCUT2D eigenvalue weighted by Gasteiger charge is -2.06. The minimum atomic E-state index is -0.411. The average Bonchev–Trinajstić information content (AvgIpc) is 2.66. The highest BCUT2D eigenvalue weighted by molar-refractivity contribution is 9.09. The van der Waals surface area contributed by atoms with Crippen LogP contribution in [0.3, 0.4) is 0 Å². The van der Waals surface area contributed by atoms with Gasteiger partial charge in [0.15, 0.2) is 5.69 Å². The maximum atomic E-state index is 11.2. The normalized spacial score (nSPS) is 12.5. The fourth-order valence-corrected chi connectivity index (χ4v) is 1.15. The molecule has 0 aliphatic heterocycles. The van der Waals surface area contributed by atoms with Crippen LogP contribution in [0.25, 0.3) is 0 Å². The van der Waals surface area contributed by atoms with Gasteiger partial charge < -0.3 is 4.74 Å². The highest BCUT2D eigenvalue weighted by atomic mass is 79.9. The number of rotatable bonds is 4. The van der Waals surface area contributed by atoms with Crippen molar-refractivity contribution >= 4 is 33.6 Å². The highest BCUT2D eigenvalue weighted by Gasteiger charge is 2.11. The number of esters is 1. The average molecular weight is 265 g/mol. The summed E-state index contributed by atoms with van der Waals surface area (Å²) in [6, 6.07) is 0. The zero-order valence-electron chi connectivity index (χ0n) is 7.07. The van der Waals surface area contributed by atoms with Crippen molar-refractivity contribution in [2.75, 3.05) is 6.61 Å². The van der Waals surface area contributed by atoms with Gasteiger partial charge in [-0.25, -0.2) is 4.79 Å². The Morgan fingerprint density at radius 2 is 2.62 bits per heavy atom. The predicted octanol–water partition coefficient (Wildman–Crippen LogP) is 1.87. The molecule has 1 heterocycles. The Hall–Kier alpha value is -0.490. The lowest BCUT2D eigenvalue weighted by atomic mass is 10.3. The molecule has 0 bridgehead atoms. The summed E-state index contributed by atoms with van der Waals surface area (Å²) in [5.41, 5.74) is 0.279. The summed E-state index contributed by atoms with van der Waals surface area (Å²) < 4.78 is 12.4. The van der Waals surface area contributed by atoms with Gasteiger partial charge in [-0.3, -0.25) is 0 Å². The van der Waals surface area contributed by atoms with E-state index < -0.39 is 5.97 Å². The van der Waals surface area contributed by atoms with Gasteiger partial charge in [-0.05, 0) is 6.42 Å².